The van der Waals surface area contributed by atoms with Crippen LogP contribution in [0.1, 0.15) is 59.3 Å². The summed E-state index contributed by atoms with van der Waals surface area (Å²) in [6.45, 7) is 6.17. The third kappa shape index (κ3) is 2.58. The number of Topliss-reactive ketones (excluding diaryl/α,β-unsaturated/α-hetero) is 1. The molecule has 0 bridgehead atoms. The first-order chi connectivity index (χ1) is 14.7. The fourth-order valence-corrected chi connectivity index (χ4v) is 8.03. The molecule has 0 radical (unpaired) electrons. The van der Waals surface area contributed by atoms with Crippen LogP contribution in [-0.4, -0.2) is 47.1 Å². The minimum atomic E-state index is -1.32. The molecular weight excluding hydrogens is 396 g/mol. The molecule has 0 aromatic rings. The van der Waals surface area contributed by atoms with Gasteiger partial charge in [-0.05, 0) is 56.1 Å². The van der Waals surface area contributed by atoms with Crippen molar-refractivity contribution >= 4 is 17.9 Å². The number of fused-ring (bicyclic) bond motifs is 7. The number of ketones is 2. The van der Waals surface area contributed by atoms with Gasteiger partial charge in [-0.3, -0.25) is 14.4 Å². The first kappa shape index (κ1) is 21.2. The van der Waals surface area contributed by atoms with Crippen molar-refractivity contribution in [2.45, 2.75) is 83.4 Å². The second-order valence-electron chi connectivity index (χ2n) is 10.6. The van der Waals surface area contributed by atoms with E-state index in [0.717, 1.165) is 24.8 Å². The van der Waals surface area contributed by atoms with Crippen LogP contribution in [0.3, 0.4) is 0 Å². The molecule has 31 heavy (non-hydrogen) atoms. The molecule has 0 aromatic carbocycles. The number of rotatable bonds is 4. The highest BCUT2D eigenvalue weighted by Crippen LogP contribution is 2.69. The molecule has 7 unspecified atom stereocenters. The van der Waals surface area contributed by atoms with Crippen molar-refractivity contribution < 1.29 is 29.0 Å². The lowest BCUT2D eigenvalue weighted by Crippen LogP contribution is -2.63. The molecule has 0 amide bonds. The van der Waals surface area contributed by atoms with Crippen LogP contribution >= 0.6 is 0 Å². The van der Waals surface area contributed by atoms with Gasteiger partial charge in [-0.15, -0.1) is 0 Å². The van der Waals surface area contributed by atoms with Crippen LogP contribution < -0.4 is 0 Å². The molecule has 1 N–H and O–H groups in total. The Kier molecular flexibility index (Phi) is 4.75. The summed E-state index contributed by atoms with van der Waals surface area (Å²) in [7, 11) is 0. The minimum absolute atomic E-state index is 0.00996. The highest BCUT2D eigenvalue weighted by Gasteiger charge is 2.75. The monoisotopic (exact) mass is 428 g/mol. The Hall–Kier alpha value is -1.63. The highest BCUT2D eigenvalue weighted by molar-refractivity contribution is 6.29. The number of carbonyl (C=O) groups excluding carboxylic acids is 3. The number of ether oxygens (including phenoxy) is 2. The van der Waals surface area contributed by atoms with Gasteiger partial charge >= 0.3 is 0 Å². The number of aliphatic hydroxyl groups is 1. The molecule has 1 saturated heterocycles. The first-order valence-electron chi connectivity index (χ1n) is 11.7. The van der Waals surface area contributed by atoms with E-state index in [2.05, 4.69) is 6.92 Å². The van der Waals surface area contributed by atoms with Crippen molar-refractivity contribution in [3.8, 4) is 0 Å². The second kappa shape index (κ2) is 6.93. The minimum Gasteiger partial charge on any atom is -0.393 e. The maximum Gasteiger partial charge on any atom is 0.230 e. The topological polar surface area (TPSA) is 89.9 Å². The van der Waals surface area contributed by atoms with Gasteiger partial charge in [0.1, 0.15) is 0 Å². The quantitative estimate of drug-likeness (QED) is 0.547. The van der Waals surface area contributed by atoms with E-state index in [1.165, 1.54) is 0 Å². The van der Waals surface area contributed by atoms with Crippen LogP contribution in [0.2, 0.25) is 0 Å². The molecule has 5 aliphatic rings. The number of aldehydes is 1. The summed E-state index contributed by atoms with van der Waals surface area (Å²) >= 11 is 0. The van der Waals surface area contributed by atoms with Crippen LogP contribution in [0.5, 0.6) is 0 Å². The maximum atomic E-state index is 13.1. The maximum absolute atomic E-state index is 13.1. The molecule has 1 heterocycles. The molecule has 3 saturated carbocycles. The lowest BCUT2D eigenvalue weighted by molar-refractivity contribution is -0.198. The van der Waals surface area contributed by atoms with Crippen LogP contribution in [0.4, 0.5) is 0 Å². The smallest absolute Gasteiger partial charge is 0.230 e. The largest absolute Gasteiger partial charge is 0.393 e. The lowest BCUT2D eigenvalue weighted by Gasteiger charge is -2.59. The van der Waals surface area contributed by atoms with E-state index in [1.807, 2.05) is 19.9 Å². The summed E-state index contributed by atoms with van der Waals surface area (Å²) < 4.78 is 12.5. The number of aliphatic hydroxyl groups excluding tert-OH is 1. The summed E-state index contributed by atoms with van der Waals surface area (Å²) in [5, 5.41) is 11.5. The van der Waals surface area contributed by atoms with Crippen LogP contribution in [-0.2, 0) is 23.9 Å². The van der Waals surface area contributed by atoms with Crippen molar-refractivity contribution in [1.82, 2.24) is 0 Å². The summed E-state index contributed by atoms with van der Waals surface area (Å²) in [4.78, 5) is 36.8. The fraction of sp³-hybridized carbons (Fsp3) is 0.720. The van der Waals surface area contributed by atoms with Gasteiger partial charge in [0.2, 0.25) is 5.78 Å². The van der Waals surface area contributed by atoms with Crippen molar-refractivity contribution in [3.05, 3.63) is 23.8 Å². The SMILES string of the molecule is CCCC1O[C@@H]2CC3C4CCC5=CC(=O)C=CC5(C)C4C(O)CC3(C)[C@]2(C(=O)C=O)O1. The lowest BCUT2D eigenvalue weighted by atomic mass is 9.46. The molecule has 0 spiro atoms. The first-order valence-corrected chi connectivity index (χ1v) is 11.7. The molecule has 6 heteroatoms. The van der Waals surface area contributed by atoms with E-state index < -0.39 is 35.3 Å². The van der Waals surface area contributed by atoms with E-state index in [1.54, 1.807) is 12.2 Å². The van der Waals surface area contributed by atoms with Gasteiger partial charge in [-0.2, -0.15) is 0 Å². The van der Waals surface area contributed by atoms with Crippen molar-refractivity contribution in [1.29, 1.82) is 0 Å². The number of carbonyl (C=O) groups is 3. The highest BCUT2D eigenvalue weighted by atomic mass is 16.7. The van der Waals surface area contributed by atoms with Crippen molar-refractivity contribution in [3.63, 3.8) is 0 Å². The van der Waals surface area contributed by atoms with Gasteiger partial charge in [0.15, 0.2) is 24.0 Å². The molecule has 6 nitrogen and oxygen atoms in total. The average Bonchev–Trinajstić information content (AvgIpc) is 3.20. The Morgan fingerprint density at radius 2 is 2.13 bits per heavy atom. The van der Waals surface area contributed by atoms with E-state index in [-0.39, 0.29) is 29.0 Å². The van der Waals surface area contributed by atoms with Gasteiger partial charge in [-0.1, -0.05) is 38.8 Å². The standard InChI is InChI=1S/C25H32O6/c1-4-5-21-30-20-11-17-16-7-6-14-10-15(27)8-9-23(14,2)22(16)18(28)12-24(17,3)25(20,31-21)19(29)13-26/h8-10,13,16-18,20-22,28H,4-7,11-12H2,1-3H3/t16?,17?,18?,20-,21?,22?,23?,24?,25-/m1/s1. The van der Waals surface area contributed by atoms with Gasteiger partial charge in [0.05, 0.1) is 12.2 Å². The van der Waals surface area contributed by atoms with E-state index >= 15 is 0 Å². The zero-order chi connectivity index (χ0) is 22.2. The van der Waals surface area contributed by atoms with Gasteiger partial charge < -0.3 is 14.6 Å². The van der Waals surface area contributed by atoms with E-state index in [9.17, 15) is 19.5 Å². The second-order valence-corrected chi connectivity index (χ2v) is 10.6. The predicted octanol–water partition coefficient (Wildman–Crippen LogP) is 2.92. The predicted molar refractivity (Wildman–Crippen MR) is 112 cm³/mol. The molecular formula is C25H32O6. The third-order valence-electron chi connectivity index (χ3n) is 9.29. The Morgan fingerprint density at radius 3 is 2.84 bits per heavy atom. The molecule has 5 rings (SSSR count). The third-order valence-corrected chi connectivity index (χ3v) is 9.29. The molecule has 168 valence electrons. The van der Waals surface area contributed by atoms with Crippen LogP contribution in [0.25, 0.3) is 0 Å². The van der Waals surface area contributed by atoms with Crippen LogP contribution in [0.15, 0.2) is 23.8 Å². The molecule has 4 aliphatic carbocycles. The normalized spacial score (nSPS) is 50.2. The summed E-state index contributed by atoms with van der Waals surface area (Å²) in [5.41, 5.74) is -1.27. The Labute approximate surface area is 183 Å². The number of hydrogen-bond acceptors (Lipinski definition) is 6. The number of allylic oxidation sites excluding steroid dienone is 4. The van der Waals surface area contributed by atoms with Crippen molar-refractivity contribution in [2.24, 2.45) is 28.6 Å². The molecule has 0 aromatic heterocycles. The Morgan fingerprint density at radius 1 is 1.35 bits per heavy atom. The van der Waals surface area contributed by atoms with Crippen LogP contribution in [0, 0.1) is 28.6 Å². The Bertz CT molecular complexity index is 890. The summed E-state index contributed by atoms with van der Waals surface area (Å²) in [5.74, 6) is -0.328. The van der Waals surface area contributed by atoms with E-state index in [0.29, 0.717) is 25.5 Å². The van der Waals surface area contributed by atoms with E-state index in [4.69, 9.17) is 9.47 Å². The zero-order valence-electron chi connectivity index (χ0n) is 18.5. The van der Waals surface area contributed by atoms with Gasteiger partial charge in [0, 0.05) is 16.7 Å². The summed E-state index contributed by atoms with van der Waals surface area (Å²) in [6, 6.07) is 0. The average molecular weight is 429 g/mol. The van der Waals surface area contributed by atoms with Gasteiger partial charge in [0.25, 0.3) is 0 Å². The Balaban J connectivity index is 1.56. The fourth-order valence-electron chi connectivity index (χ4n) is 8.03. The molecule has 9 atom stereocenters. The van der Waals surface area contributed by atoms with Gasteiger partial charge in [-0.25, -0.2) is 0 Å². The van der Waals surface area contributed by atoms with Crippen molar-refractivity contribution in [2.75, 3.05) is 0 Å². The molecule has 4 fully saturated rings. The summed E-state index contributed by atoms with van der Waals surface area (Å²) in [6.07, 6.45) is 8.30. The molecule has 1 aliphatic heterocycles. The zero-order valence-corrected chi connectivity index (χ0v) is 18.5. The number of hydrogen-bond donors (Lipinski definition) is 1.